The molecule has 1 aromatic carbocycles. The fourth-order valence-electron chi connectivity index (χ4n) is 3.77. The topological polar surface area (TPSA) is 51.1 Å². The highest BCUT2D eigenvalue weighted by molar-refractivity contribution is 5.80. The number of aliphatic imine (C=N–C) groups is 1. The molecule has 0 radical (unpaired) electrons. The maximum Gasteiger partial charge on any atom is 0.193 e. The summed E-state index contributed by atoms with van der Waals surface area (Å²) in [4.78, 5) is 9.87. The Morgan fingerprint density at radius 2 is 2.12 bits per heavy atom. The predicted molar refractivity (Wildman–Crippen MR) is 98.6 cm³/mol. The van der Waals surface area contributed by atoms with E-state index >= 15 is 0 Å². The third-order valence-electron chi connectivity index (χ3n) is 5.03. The van der Waals surface area contributed by atoms with Gasteiger partial charge in [-0.25, -0.2) is 0 Å². The van der Waals surface area contributed by atoms with Crippen molar-refractivity contribution in [1.82, 2.24) is 15.1 Å². The van der Waals surface area contributed by atoms with Crippen LogP contribution in [0.1, 0.15) is 31.7 Å². The van der Waals surface area contributed by atoms with Gasteiger partial charge in [0.1, 0.15) is 5.75 Å². The monoisotopic (exact) mass is 330 g/mol. The summed E-state index contributed by atoms with van der Waals surface area (Å²) >= 11 is 0. The number of aromatic hydroxyl groups is 1. The zero-order valence-electron chi connectivity index (χ0n) is 14.7. The van der Waals surface area contributed by atoms with Crippen molar-refractivity contribution in [3.63, 3.8) is 0 Å². The molecule has 2 saturated heterocycles. The Balaban J connectivity index is 1.55. The Hall–Kier alpha value is -1.75. The number of nitrogens with zero attached hydrogens (tertiary/aromatic N) is 3. The molecule has 2 heterocycles. The SMILES string of the molecule is CCNC(=NCCc1cccc(O)c1)N1CCC(N2CCCC2)C1. The lowest BCUT2D eigenvalue weighted by Gasteiger charge is -2.25. The van der Waals surface area contributed by atoms with Crippen LogP contribution >= 0.6 is 0 Å². The first-order valence-electron chi connectivity index (χ1n) is 9.31. The average Bonchev–Trinajstić information content (AvgIpc) is 3.25. The lowest BCUT2D eigenvalue weighted by atomic mass is 10.1. The van der Waals surface area contributed by atoms with Gasteiger partial charge in [0.15, 0.2) is 5.96 Å². The molecule has 2 fully saturated rings. The van der Waals surface area contributed by atoms with E-state index in [2.05, 4.69) is 22.0 Å². The predicted octanol–water partition coefficient (Wildman–Crippen LogP) is 2.07. The van der Waals surface area contributed by atoms with Crippen molar-refractivity contribution in [2.24, 2.45) is 4.99 Å². The van der Waals surface area contributed by atoms with Gasteiger partial charge in [-0.3, -0.25) is 9.89 Å². The molecule has 0 bridgehead atoms. The van der Waals surface area contributed by atoms with E-state index in [9.17, 15) is 5.11 Å². The van der Waals surface area contributed by atoms with Crippen molar-refractivity contribution in [2.75, 3.05) is 39.3 Å². The molecule has 2 aliphatic rings. The molecule has 0 amide bonds. The molecule has 5 nitrogen and oxygen atoms in total. The third-order valence-corrected chi connectivity index (χ3v) is 5.03. The Morgan fingerprint density at radius 3 is 2.88 bits per heavy atom. The van der Waals surface area contributed by atoms with Crippen LogP contribution in [0.3, 0.4) is 0 Å². The van der Waals surface area contributed by atoms with E-state index in [0.29, 0.717) is 11.8 Å². The first-order chi connectivity index (χ1) is 11.8. The first-order valence-corrected chi connectivity index (χ1v) is 9.31. The van der Waals surface area contributed by atoms with Crippen LogP contribution in [0.4, 0.5) is 0 Å². The van der Waals surface area contributed by atoms with Gasteiger partial charge in [-0.2, -0.15) is 0 Å². The Morgan fingerprint density at radius 1 is 1.29 bits per heavy atom. The van der Waals surface area contributed by atoms with Crippen molar-refractivity contribution in [3.8, 4) is 5.75 Å². The summed E-state index contributed by atoms with van der Waals surface area (Å²) in [6.07, 6.45) is 4.81. The van der Waals surface area contributed by atoms with E-state index in [1.807, 2.05) is 18.2 Å². The maximum atomic E-state index is 9.55. The quantitative estimate of drug-likeness (QED) is 0.641. The lowest BCUT2D eigenvalue weighted by Crippen LogP contribution is -2.42. The van der Waals surface area contributed by atoms with Crippen molar-refractivity contribution < 1.29 is 5.11 Å². The van der Waals surface area contributed by atoms with Crippen LogP contribution in [0.2, 0.25) is 0 Å². The van der Waals surface area contributed by atoms with Crippen LogP contribution in [0, 0.1) is 0 Å². The molecule has 1 atom stereocenters. The number of phenolic OH excluding ortho intramolecular Hbond substituents is 1. The number of phenols is 1. The summed E-state index contributed by atoms with van der Waals surface area (Å²) in [5, 5.41) is 13.0. The molecule has 0 aliphatic carbocycles. The molecule has 2 N–H and O–H groups in total. The van der Waals surface area contributed by atoms with Crippen LogP contribution in [-0.2, 0) is 6.42 Å². The second-order valence-corrected chi connectivity index (χ2v) is 6.79. The van der Waals surface area contributed by atoms with Crippen molar-refractivity contribution in [3.05, 3.63) is 29.8 Å². The summed E-state index contributed by atoms with van der Waals surface area (Å²) in [5.41, 5.74) is 1.13. The molecule has 0 saturated carbocycles. The van der Waals surface area contributed by atoms with Crippen molar-refractivity contribution in [2.45, 2.75) is 38.6 Å². The Kier molecular flexibility index (Phi) is 5.96. The molecule has 3 rings (SSSR count). The summed E-state index contributed by atoms with van der Waals surface area (Å²) in [6.45, 7) is 8.50. The second kappa shape index (κ2) is 8.38. The van der Waals surface area contributed by atoms with Crippen LogP contribution in [0.25, 0.3) is 0 Å². The molecule has 0 aromatic heterocycles. The van der Waals surface area contributed by atoms with Gasteiger partial charge < -0.3 is 15.3 Å². The van der Waals surface area contributed by atoms with E-state index in [4.69, 9.17) is 4.99 Å². The molecule has 5 heteroatoms. The number of nitrogens with one attached hydrogen (secondary N) is 1. The van der Waals surface area contributed by atoms with Gasteiger partial charge in [0.2, 0.25) is 0 Å². The molecule has 2 aliphatic heterocycles. The van der Waals surface area contributed by atoms with Gasteiger partial charge in [0, 0.05) is 32.2 Å². The zero-order chi connectivity index (χ0) is 16.8. The minimum atomic E-state index is 0.330. The number of rotatable bonds is 5. The molecule has 24 heavy (non-hydrogen) atoms. The number of benzene rings is 1. The van der Waals surface area contributed by atoms with Crippen LogP contribution < -0.4 is 5.32 Å². The highest BCUT2D eigenvalue weighted by Gasteiger charge is 2.30. The number of guanidine groups is 1. The zero-order valence-corrected chi connectivity index (χ0v) is 14.7. The largest absolute Gasteiger partial charge is 0.508 e. The highest BCUT2D eigenvalue weighted by atomic mass is 16.3. The number of likely N-dealkylation sites (tertiary alicyclic amines) is 2. The molecule has 1 unspecified atom stereocenters. The first kappa shape index (κ1) is 17.1. The normalized spacial score (nSPS) is 22.3. The van der Waals surface area contributed by atoms with E-state index in [1.165, 1.54) is 32.4 Å². The maximum absolute atomic E-state index is 9.55. The second-order valence-electron chi connectivity index (χ2n) is 6.79. The summed E-state index contributed by atoms with van der Waals surface area (Å²) in [5.74, 6) is 1.37. The Bertz CT molecular complexity index is 554. The van der Waals surface area contributed by atoms with Gasteiger partial charge in [-0.15, -0.1) is 0 Å². The molecular formula is C19H30N4O. The van der Waals surface area contributed by atoms with Crippen LogP contribution in [0.15, 0.2) is 29.3 Å². The van der Waals surface area contributed by atoms with Crippen molar-refractivity contribution in [1.29, 1.82) is 0 Å². The molecule has 1 aromatic rings. The minimum absolute atomic E-state index is 0.330. The van der Waals surface area contributed by atoms with Crippen LogP contribution in [0.5, 0.6) is 5.75 Å². The number of hydrogen-bond acceptors (Lipinski definition) is 3. The summed E-state index contributed by atoms with van der Waals surface area (Å²) in [7, 11) is 0. The lowest BCUT2D eigenvalue weighted by molar-refractivity contribution is 0.249. The summed E-state index contributed by atoms with van der Waals surface area (Å²) < 4.78 is 0. The average molecular weight is 330 g/mol. The minimum Gasteiger partial charge on any atom is -0.508 e. The van der Waals surface area contributed by atoms with Gasteiger partial charge in [0.25, 0.3) is 0 Å². The standard InChI is InChI=1S/C19H30N4O/c1-2-20-19(21-10-8-16-6-5-7-18(24)14-16)23-13-9-17(15-23)22-11-3-4-12-22/h5-7,14,17,24H,2-4,8-13,15H2,1H3,(H,20,21). The van der Waals surface area contributed by atoms with E-state index in [1.54, 1.807) is 6.07 Å². The smallest absolute Gasteiger partial charge is 0.193 e. The highest BCUT2D eigenvalue weighted by Crippen LogP contribution is 2.20. The fourth-order valence-corrected chi connectivity index (χ4v) is 3.77. The van der Waals surface area contributed by atoms with Crippen LogP contribution in [-0.4, -0.2) is 66.2 Å². The van der Waals surface area contributed by atoms with Gasteiger partial charge >= 0.3 is 0 Å². The molecule has 132 valence electrons. The molecular weight excluding hydrogens is 300 g/mol. The van der Waals surface area contributed by atoms with Gasteiger partial charge in [-0.05, 0) is 63.4 Å². The van der Waals surface area contributed by atoms with E-state index < -0.39 is 0 Å². The van der Waals surface area contributed by atoms with Gasteiger partial charge in [0.05, 0.1) is 0 Å². The third kappa shape index (κ3) is 4.41. The van der Waals surface area contributed by atoms with E-state index in [0.717, 1.165) is 44.1 Å². The van der Waals surface area contributed by atoms with Crippen molar-refractivity contribution >= 4 is 5.96 Å². The molecule has 0 spiro atoms. The Labute approximate surface area is 145 Å². The fraction of sp³-hybridized carbons (Fsp3) is 0.632. The van der Waals surface area contributed by atoms with E-state index in [-0.39, 0.29) is 0 Å². The van der Waals surface area contributed by atoms with Gasteiger partial charge in [-0.1, -0.05) is 12.1 Å². The summed E-state index contributed by atoms with van der Waals surface area (Å²) in [6, 6.07) is 8.16. The number of hydrogen-bond donors (Lipinski definition) is 2.